The molecule has 21 heavy (non-hydrogen) atoms. The summed E-state index contributed by atoms with van der Waals surface area (Å²) >= 11 is 0. The highest BCUT2D eigenvalue weighted by Crippen LogP contribution is 2.28. The normalized spacial score (nSPS) is 11.8. The summed E-state index contributed by atoms with van der Waals surface area (Å²) in [5.74, 6) is 0.0608. The van der Waals surface area contributed by atoms with E-state index in [1.165, 1.54) is 12.1 Å². The van der Waals surface area contributed by atoms with E-state index >= 15 is 0 Å². The first kappa shape index (κ1) is 13.2. The SMILES string of the molecule is CC(=Nc1cccc2ccccc12)c1ccc(O)cc1O. The second-order valence-electron chi connectivity index (χ2n) is 4.90. The minimum absolute atomic E-state index is 0.0245. The number of fused-ring (bicyclic) bond motifs is 1. The molecule has 0 aliphatic rings. The fraction of sp³-hybridized carbons (Fsp3) is 0.0556. The first-order valence-corrected chi connectivity index (χ1v) is 6.70. The smallest absolute Gasteiger partial charge is 0.128 e. The number of benzene rings is 3. The zero-order valence-corrected chi connectivity index (χ0v) is 11.6. The molecule has 3 rings (SSSR count). The molecule has 0 fully saturated rings. The lowest BCUT2D eigenvalue weighted by atomic mass is 10.1. The summed E-state index contributed by atoms with van der Waals surface area (Å²) in [5.41, 5.74) is 2.17. The van der Waals surface area contributed by atoms with Crippen LogP contribution in [0.25, 0.3) is 10.8 Å². The molecule has 3 heteroatoms. The highest BCUT2D eigenvalue weighted by molar-refractivity contribution is 6.05. The van der Waals surface area contributed by atoms with Gasteiger partial charge >= 0.3 is 0 Å². The van der Waals surface area contributed by atoms with Crippen molar-refractivity contribution in [1.82, 2.24) is 0 Å². The molecule has 0 heterocycles. The average Bonchev–Trinajstić information content (AvgIpc) is 2.47. The number of hydrogen-bond donors (Lipinski definition) is 2. The van der Waals surface area contributed by atoms with Crippen molar-refractivity contribution in [3.05, 3.63) is 66.2 Å². The van der Waals surface area contributed by atoms with Gasteiger partial charge in [-0.15, -0.1) is 0 Å². The molecule has 0 aromatic heterocycles. The van der Waals surface area contributed by atoms with E-state index in [1.54, 1.807) is 6.07 Å². The zero-order valence-electron chi connectivity index (χ0n) is 11.6. The molecule has 0 saturated heterocycles. The molecule has 0 aliphatic heterocycles. The molecular weight excluding hydrogens is 262 g/mol. The second-order valence-corrected chi connectivity index (χ2v) is 4.90. The van der Waals surface area contributed by atoms with Gasteiger partial charge in [0.05, 0.1) is 5.69 Å². The molecule has 0 radical (unpaired) electrons. The Morgan fingerprint density at radius 3 is 2.48 bits per heavy atom. The summed E-state index contributed by atoms with van der Waals surface area (Å²) < 4.78 is 0. The first-order chi connectivity index (χ1) is 10.1. The molecule has 0 saturated carbocycles. The summed E-state index contributed by atoms with van der Waals surface area (Å²) in [4.78, 5) is 4.62. The molecule has 104 valence electrons. The van der Waals surface area contributed by atoms with Gasteiger partial charge in [-0.05, 0) is 30.5 Å². The Labute approximate surface area is 122 Å². The van der Waals surface area contributed by atoms with Crippen molar-refractivity contribution in [3.8, 4) is 11.5 Å². The van der Waals surface area contributed by atoms with Crippen LogP contribution in [0.1, 0.15) is 12.5 Å². The lowest BCUT2D eigenvalue weighted by molar-refractivity contribution is 0.450. The molecule has 0 aliphatic carbocycles. The molecule has 3 aromatic carbocycles. The molecule has 3 aromatic rings. The van der Waals surface area contributed by atoms with Crippen molar-refractivity contribution < 1.29 is 10.2 Å². The van der Waals surface area contributed by atoms with Crippen LogP contribution in [-0.2, 0) is 0 Å². The lowest BCUT2D eigenvalue weighted by Crippen LogP contribution is -1.94. The van der Waals surface area contributed by atoms with Crippen molar-refractivity contribution in [1.29, 1.82) is 0 Å². The largest absolute Gasteiger partial charge is 0.508 e. The second kappa shape index (κ2) is 5.29. The van der Waals surface area contributed by atoms with E-state index in [2.05, 4.69) is 4.99 Å². The Morgan fingerprint density at radius 1 is 0.905 bits per heavy atom. The minimum atomic E-state index is 0.0245. The summed E-state index contributed by atoms with van der Waals surface area (Å²) in [6.45, 7) is 1.84. The van der Waals surface area contributed by atoms with Crippen molar-refractivity contribution >= 4 is 22.2 Å². The van der Waals surface area contributed by atoms with Gasteiger partial charge in [0.15, 0.2) is 0 Å². The average molecular weight is 277 g/mol. The summed E-state index contributed by atoms with van der Waals surface area (Å²) in [7, 11) is 0. The van der Waals surface area contributed by atoms with Crippen molar-refractivity contribution in [3.63, 3.8) is 0 Å². The molecule has 2 N–H and O–H groups in total. The van der Waals surface area contributed by atoms with Crippen LogP contribution in [0.15, 0.2) is 65.7 Å². The van der Waals surface area contributed by atoms with E-state index in [4.69, 9.17) is 0 Å². The van der Waals surface area contributed by atoms with Gasteiger partial charge in [-0.25, -0.2) is 0 Å². The van der Waals surface area contributed by atoms with Crippen LogP contribution in [0, 0.1) is 0 Å². The quantitative estimate of drug-likeness (QED) is 0.682. The van der Waals surface area contributed by atoms with Gasteiger partial charge in [0.1, 0.15) is 11.5 Å². The van der Waals surface area contributed by atoms with E-state index in [-0.39, 0.29) is 11.5 Å². The third-order valence-corrected chi connectivity index (χ3v) is 3.43. The topological polar surface area (TPSA) is 52.8 Å². The standard InChI is InChI=1S/C18H15NO2/c1-12(15-10-9-14(20)11-18(15)21)19-17-8-4-6-13-5-2-3-7-16(13)17/h2-11,20-21H,1H3. The van der Waals surface area contributed by atoms with Crippen LogP contribution in [0.2, 0.25) is 0 Å². The van der Waals surface area contributed by atoms with Crippen molar-refractivity contribution in [2.24, 2.45) is 4.99 Å². The Morgan fingerprint density at radius 2 is 1.67 bits per heavy atom. The minimum Gasteiger partial charge on any atom is -0.508 e. The Bertz CT molecular complexity index is 832. The van der Waals surface area contributed by atoms with Crippen molar-refractivity contribution in [2.45, 2.75) is 6.92 Å². The number of aromatic hydroxyl groups is 2. The fourth-order valence-electron chi connectivity index (χ4n) is 2.37. The van der Waals surface area contributed by atoms with Crippen LogP contribution < -0.4 is 0 Å². The van der Waals surface area contributed by atoms with Gasteiger partial charge in [-0.2, -0.15) is 0 Å². The fourth-order valence-corrected chi connectivity index (χ4v) is 2.37. The van der Waals surface area contributed by atoms with E-state index < -0.39 is 0 Å². The van der Waals surface area contributed by atoms with Crippen LogP contribution >= 0.6 is 0 Å². The van der Waals surface area contributed by atoms with E-state index in [1.807, 2.05) is 49.4 Å². The van der Waals surface area contributed by atoms with Gasteiger partial charge in [0.2, 0.25) is 0 Å². The zero-order chi connectivity index (χ0) is 14.8. The maximum atomic E-state index is 9.91. The highest BCUT2D eigenvalue weighted by atomic mass is 16.3. The predicted molar refractivity (Wildman–Crippen MR) is 85.6 cm³/mol. The number of phenolic OH excluding ortho intramolecular Hbond substituents is 2. The molecule has 0 bridgehead atoms. The molecule has 3 nitrogen and oxygen atoms in total. The van der Waals surface area contributed by atoms with Gasteiger partial charge < -0.3 is 10.2 Å². The third-order valence-electron chi connectivity index (χ3n) is 3.43. The first-order valence-electron chi connectivity index (χ1n) is 6.70. The Kier molecular flexibility index (Phi) is 3.32. The number of phenols is 2. The van der Waals surface area contributed by atoms with Gasteiger partial charge in [-0.1, -0.05) is 36.4 Å². The van der Waals surface area contributed by atoms with Crippen LogP contribution in [0.5, 0.6) is 11.5 Å². The highest BCUT2D eigenvalue weighted by Gasteiger charge is 2.06. The molecule has 0 amide bonds. The Balaban J connectivity index is 2.11. The van der Waals surface area contributed by atoms with E-state index in [0.29, 0.717) is 11.3 Å². The maximum absolute atomic E-state index is 9.91. The van der Waals surface area contributed by atoms with Crippen molar-refractivity contribution in [2.75, 3.05) is 0 Å². The molecular formula is C18H15NO2. The number of nitrogens with zero attached hydrogens (tertiary/aromatic N) is 1. The molecule has 0 atom stereocenters. The van der Waals surface area contributed by atoms with Gasteiger partial charge in [-0.3, -0.25) is 4.99 Å². The predicted octanol–water partition coefficient (Wildman–Crippen LogP) is 4.39. The molecule has 0 spiro atoms. The monoisotopic (exact) mass is 277 g/mol. The summed E-state index contributed by atoms with van der Waals surface area (Å²) in [5, 5.41) is 21.5. The number of hydrogen-bond acceptors (Lipinski definition) is 3. The number of rotatable bonds is 2. The third kappa shape index (κ3) is 2.58. The number of aliphatic imine (C=N–C) groups is 1. The molecule has 0 unspecified atom stereocenters. The summed E-state index contributed by atoms with van der Waals surface area (Å²) in [6, 6.07) is 18.5. The Hall–Kier alpha value is -2.81. The maximum Gasteiger partial charge on any atom is 0.128 e. The van der Waals surface area contributed by atoms with Gasteiger partial charge in [0.25, 0.3) is 0 Å². The lowest BCUT2D eigenvalue weighted by Gasteiger charge is -2.06. The summed E-state index contributed by atoms with van der Waals surface area (Å²) in [6.07, 6.45) is 0. The van der Waals surface area contributed by atoms with Crippen LogP contribution in [0.4, 0.5) is 5.69 Å². The van der Waals surface area contributed by atoms with E-state index in [9.17, 15) is 10.2 Å². The van der Waals surface area contributed by atoms with Gasteiger partial charge in [0, 0.05) is 22.7 Å². The van der Waals surface area contributed by atoms with Crippen LogP contribution in [-0.4, -0.2) is 15.9 Å². The van der Waals surface area contributed by atoms with Crippen LogP contribution in [0.3, 0.4) is 0 Å². The van der Waals surface area contributed by atoms with E-state index in [0.717, 1.165) is 16.5 Å².